The van der Waals surface area contributed by atoms with Crippen LogP contribution in [0.3, 0.4) is 0 Å². The number of aryl methyl sites for hydroxylation is 2. The number of sulfonamides is 1. The first kappa shape index (κ1) is 16.5. The first-order chi connectivity index (χ1) is 9.81. The fourth-order valence-corrected chi connectivity index (χ4v) is 4.14. The summed E-state index contributed by atoms with van der Waals surface area (Å²) < 4.78 is 29.1. The Hall–Kier alpha value is -0.920. The van der Waals surface area contributed by atoms with Gasteiger partial charge >= 0.3 is 0 Å². The predicted molar refractivity (Wildman–Crippen MR) is 82.8 cm³/mol. The van der Waals surface area contributed by atoms with Gasteiger partial charge < -0.3 is 5.32 Å². The molecule has 1 aromatic rings. The minimum absolute atomic E-state index is 0.125. The number of rotatable bonds is 8. The maximum absolute atomic E-state index is 12.3. The molecule has 0 radical (unpaired) electrons. The molecule has 21 heavy (non-hydrogen) atoms. The highest BCUT2D eigenvalue weighted by Crippen LogP contribution is 2.20. The maximum Gasteiger partial charge on any atom is 0.244 e. The normalized spacial score (nSPS) is 15.9. The van der Waals surface area contributed by atoms with Crippen LogP contribution in [0.15, 0.2) is 4.90 Å². The molecule has 1 aliphatic rings. The largest absolute Gasteiger partial charge is 0.314 e. The average Bonchev–Trinajstić information content (AvgIpc) is 3.10. The molecule has 120 valence electrons. The van der Waals surface area contributed by atoms with Gasteiger partial charge in [0.25, 0.3) is 0 Å². The first-order valence-corrected chi connectivity index (χ1v) is 9.09. The van der Waals surface area contributed by atoms with Crippen LogP contribution in [-0.2, 0) is 16.6 Å². The lowest BCUT2D eigenvalue weighted by atomic mass is 10.3. The Bertz CT molecular complexity index is 588. The third kappa shape index (κ3) is 4.28. The van der Waals surface area contributed by atoms with Crippen LogP contribution in [0.2, 0.25) is 0 Å². The second-order valence-corrected chi connectivity index (χ2v) is 7.73. The number of nitrogens with zero attached hydrogens (tertiary/aromatic N) is 2. The van der Waals surface area contributed by atoms with Crippen LogP contribution >= 0.6 is 0 Å². The smallest absolute Gasteiger partial charge is 0.244 e. The van der Waals surface area contributed by atoms with Gasteiger partial charge in [0, 0.05) is 18.6 Å². The molecule has 2 rings (SSSR count). The van der Waals surface area contributed by atoms with Gasteiger partial charge in [0.1, 0.15) is 4.90 Å². The molecule has 0 unspecified atom stereocenters. The number of hydrogen-bond donors (Lipinski definition) is 2. The van der Waals surface area contributed by atoms with Crippen molar-refractivity contribution in [2.45, 2.75) is 70.5 Å². The van der Waals surface area contributed by atoms with E-state index in [0.29, 0.717) is 22.3 Å². The Labute approximate surface area is 127 Å². The molecule has 1 heterocycles. The Morgan fingerprint density at radius 3 is 2.57 bits per heavy atom. The van der Waals surface area contributed by atoms with Crippen molar-refractivity contribution in [2.24, 2.45) is 0 Å². The lowest BCUT2D eigenvalue weighted by molar-refractivity contribution is 0.529. The van der Waals surface area contributed by atoms with E-state index < -0.39 is 10.0 Å². The summed E-state index contributed by atoms with van der Waals surface area (Å²) in [6.45, 7) is 8.90. The molecule has 2 N–H and O–H groups in total. The van der Waals surface area contributed by atoms with E-state index in [1.807, 2.05) is 20.8 Å². The molecule has 1 aliphatic carbocycles. The van der Waals surface area contributed by atoms with E-state index in [2.05, 4.69) is 15.1 Å². The zero-order chi connectivity index (χ0) is 15.6. The lowest BCUT2D eigenvalue weighted by Gasteiger charge is -2.10. The van der Waals surface area contributed by atoms with Crippen LogP contribution in [0.5, 0.6) is 0 Å². The van der Waals surface area contributed by atoms with E-state index in [1.165, 1.54) is 12.8 Å². The van der Waals surface area contributed by atoms with Gasteiger partial charge in [-0.05, 0) is 53.5 Å². The van der Waals surface area contributed by atoms with Crippen LogP contribution in [0, 0.1) is 13.8 Å². The van der Waals surface area contributed by atoms with Crippen molar-refractivity contribution < 1.29 is 8.42 Å². The van der Waals surface area contributed by atoms with Gasteiger partial charge in [0.2, 0.25) is 10.0 Å². The molecule has 0 bridgehead atoms. The van der Waals surface area contributed by atoms with E-state index in [4.69, 9.17) is 0 Å². The zero-order valence-electron chi connectivity index (χ0n) is 13.3. The van der Waals surface area contributed by atoms with Gasteiger partial charge in [-0.2, -0.15) is 5.10 Å². The van der Waals surface area contributed by atoms with E-state index in [1.54, 1.807) is 11.6 Å². The average molecular weight is 314 g/mol. The fourth-order valence-electron chi connectivity index (χ4n) is 2.48. The van der Waals surface area contributed by atoms with Crippen molar-refractivity contribution >= 4 is 10.0 Å². The molecule has 0 atom stereocenters. The van der Waals surface area contributed by atoms with Gasteiger partial charge in [0.15, 0.2) is 0 Å². The molecule has 6 nitrogen and oxygen atoms in total. The number of hydrogen-bond acceptors (Lipinski definition) is 4. The highest BCUT2D eigenvalue weighted by atomic mass is 32.2. The van der Waals surface area contributed by atoms with Crippen molar-refractivity contribution in [3.8, 4) is 0 Å². The molecule has 7 heteroatoms. The van der Waals surface area contributed by atoms with Gasteiger partial charge in [0.05, 0.1) is 11.4 Å². The molecule has 0 aliphatic heterocycles. The summed E-state index contributed by atoms with van der Waals surface area (Å²) in [6, 6.07) is 0.580. The monoisotopic (exact) mass is 314 g/mol. The fraction of sp³-hybridized carbons (Fsp3) is 0.786. The minimum Gasteiger partial charge on any atom is -0.314 e. The van der Waals surface area contributed by atoms with Gasteiger partial charge in [-0.15, -0.1) is 0 Å². The molecule has 1 saturated carbocycles. The Kier molecular flexibility index (Phi) is 5.06. The second kappa shape index (κ2) is 6.46. The quantitative estimate of drug-likeness (QED) is 0.710. The summed E-state index contributed by atoms with van der Waals surface area (Å²) in [5.41, 5.74) is 1.28. The SMILES string of the molecule is Cc1nn(CCCNC2CC2)c(C)c1S(=O)(=O)NC(C)C. The van der Waals surface area contributed by atoms with Crippen LogP contribution in [-0.4, -0.2) is 36.8 Å². The molecule has 1 fully saturated rings. The molecule has 0 saturated heterocycles. The van der Waals surface area contributed by atoms with Crippen molar-refractivity contribution in [1.82, 2.24) is 19.8 Å². The van der Waals surface area contributed by atoms with E-state index >= 15 is 0 Å². The predicted octanol–water partition coefficient (Wildman–Crippen LogP) is 1.33. The molecule has 0 spiro atoms. The minimum atomic E-state index is -3.48. The third-order valence-corrected chi connectivity index (χ3v) is 5.44. The summed E-state index contributed by atoms with van der Waals surface area (Å²) in [5.74, 6) is 0. The van der Waals surface area contributed by atoms with Gasteiger partial charge in [-0.3, -0.25) is 4.68 Å². The van der Waals surface area contributed by atoms with Crippen molar-refractivity contribution in [1.29, 1.82) is 0 Å². The van der Waals surface area contributed by atoms with Gasteiger partial charge in [-0.25, -0.2) is 13.1 Å². The summed E-state index contributed by atoms with van der Waals surface area (Å²) in [4.78, 5) is 0.325. The number of nitrogens with one attached hydrogen (secondary N) is 2. The topological polar surface area (TPSA) is 76.0 Å². The Morgan fingerprint density at radius 1 is 1.33 bits per heavy atom. The molecule has 1 aromatic heterocycles. The van der Waals surface area contributed by atoms with Crippen LogP contribution in [0.1, 0.15) is 44.5 Å². The number of aromatic nitrogens is 2. The van der Waals surface area contributed by atoms with Crippen molar-refractivity contribution in [3.63, 3.8) is 0 Å². The summed E-state index contributed by atoms with van der Waals surface area (Å²) >= 11 is 0. The zero-order valence-corrected chi connectivity index (χ0v) is 14.1. The van der Waals surface area contributed by atoms with Crippen molar-refractivity contribution in [2.75, 3.05) is 6.54 Å². The van der Waals surface area contributed by atoms with E-state index in [9.17, 15) is 8.42 Å². The Balaban J connectivity index is 2.05. The van der Waals surface area contributed by atoms with Crippen molar-refractivity contribution in [3.05, 3.63) is 11.4 Å². The molecular formula is C14H26N4O2S. The lowest BCUT2D eigenvalue weighted by Crippen LogP contribution is -2.31. The summed E-state index contributed by atoms with van der Waals surface area (Å²) in [6.07, 6.45) is 3.52. The molecule has 0 amide bonds. The highest BCUT2D eigenvalue weighted by molar-refractivity contribution is 7.89. The highest BCUT2D eigenvalue weighted by Gasteiger charge is 2.25. The summed E-state index contributed by atoms with van der Waals surface area (Å²) in [7, 11) is -3.48. The van der Waals surface area contributed by atoms with E-state index in [0.717, 1.165) is 19.5 Å². The van der Waals surface area contributed by atoms with Crippen LogP contribution in [0.25, 0.3) is 0 Å². The standard InChI is InChI=1S/C14H26N4O2S/c1-10(2)17-21(19,20)14-11(3)16-18(12(14)4)9-5-8-15-13-6-7-13/h10,13,15,17H,5-9H2,1-4H3. The van der Waals surface area contributed by atoms with Gasteiger partial charge in [-0.1, -0.05) is 0 Å². The third-order valence-electron chi connectivity index (χ3n) is 3.53. The van der Waals surface area contributed by atoms with E-state index in [-0.39, 0.29) is 6.04 Å². The first-order valence-electron chi connectivity index (χ1n) is 7.61. The molecular weight excluding hydrogens is 288 g/mol. The summed E-state index contributed by atoms with van der Waals surface area (Å²) in [5, 5.41) is 7.84. The van der Waals surface area contributed by atoms with Crippen LogP contribution < -0.4 is 10.0 Å². The Morgan fingerprint density at radius 2 is 2.00 bits per heavy atom. The van der Waals surface area contributed by atoms with Crippen LogP contribution in [0.4, 0.5) is 0 Å². The molecule has 0 aromatic carbocycles. The second-order valence-electron chi connectivity index (χ2n) is 6.08. The maximum atomic E-state index is 12.3.